The minimum absolute atomic E-state index is 0. The number of hydrogen-bond acceptors (Lipinski definition) is 3. The molecule has 138 valence electrons. The predicted octanol–water partition coefficient (Wildman–Crippen LogP) is 2.45. The Morgan fingerprint density at radius 3 is 2.31 bits per heavy atom. The summed E-state index contributed by atoms with van der Waals surface area (Å²) in [7, 11) is 0. The smallest absolute Gasteiger partial charge is 0.251 e. The number of aryl methyl sites for hydroxylation is 1. The van der Waals surface area contributed by atoms with Crippen molar-refractivity contribution in [2.45, 2.75) is 38.4 Å². The summed E-state index contributed by atoms with van der Waals surface area (Å²) in [5.41, 5.74) is 8.88. The maximum atomic E-state index is 12.3. The average molecular weight is 374 g/mol. The number of amides is 2. The highest BCUT2D eigenvalue weighted by atomic mass is 35.5. The molecule has 1 aliphatic rings. The highest BCUT2D eigenvalue weighted by Crippen LogP contribution is 2.32. The monoisotopic (exact) mass is 373 g/mol. The Morgan fingerprint density at radius 1 is 1.00 bits per heavy atom. The summed E-state index contributed by atoms with van der Waals surface area (Å²) in [5, 5.41) is 5.75. The van der Waals surface area contributed by atoms with Crippen molar-refractivity contribution in [2.75, 3.05) is 0 Å². The summed E-state index contributed by atoms with van der Waals surface area (Å²) in [6.45, 7) is 2.88. The zero-order valence-electron chi connectivity index (χ0n) is 14.7. The fourth-order valence-electron chi connectivity index (χ4n) is 2.53. The molecule has 0 radical (unpaired) electrons. The largest absolute Gasteiger partial charge is 0.350 e. The van der Waals surface area contributed by atoms with Crippen molar-refractivity contribution >= 4 is 24.2 Å². The van der Waals surface area contributed by atoms with Crippen molar-refractivity contribution in [3.05, 3.63) is 70.8 Å². The Morgan fingerprint density at radius 2 is 1.65 bits per heavy atom. The molecule has 2 aromatic rings. The third-order valence-corrected chi connectivity index (χ3v) is 4.46. The molecule has 0 aromatic heterocycles. The van der Waals surface area contributed by atoms with E-state index in [1.165, 1.54) is 5.56 Å². The minimum atomic E-state index is -0.678. The molecule has 6 heteroatoms. The van der Waals surface area contributed by atoms with Gasteiger partial charge < -0.3 is 16.4 Å². The molecule has 0 saturated heterocycles. The van der Waals surface area contributed by atoms with E-state index in [9.17, 15) is 9.59 Å². The van der Waals surface area contributed by atoms with Gasteiger partial charge in [-0.05, 0) is 43.0 Å². The second-order valence-corrected chi connectivity index (χ2v) is 6.71. The van der Waals surface area contributed by atoms with Gasteiger partial charge in [-0.2, -0.15) is 0 Å². The van der Waals surface area contributed by atoms with E-state index in [4.69, 9.17) is 5.73 Å². The molecule has 4 N–H and O–H groups in total. The Balaban J connectivity index is 0.00000243. The number of nitrogens with two attached hydrogens (primary N) is 1. The van der Waals surface area contributed by atoms with Crippen LogP contribution in [-0.4, -0.2) is 17.4 Å². The van der Waals surface area contributed by atoms with E-state index in [2.05, 4.69) is 10.6 Å². The van der Waals surface area contributed by atoms with Crippen molar-refractivity contribution in [3.8, 4) is 0 Å². The summed E-state index contributed by atoms with van der Waals surface area (Å²) in [6.07, 6.45) is 1.47. The standard InChI is InChI=1S/C20H23N3O2.ClH/c1-14-5-7-15(8-6-14)12-22-18(24)17-4-2-3-16(11-17)13-23-19(25)20(21)9-10-20;/h2-8,11H,9-10,12-13,21H2,1H3,(H,22,24)(H,23,25);1H. The molecule has 26 heavy (non-hydrogen) atoms. The fraction of sp³-hybridized carbons (Fsp3) is 0.300. The number of carbonyl (C=O) groups is 2. The van der Waals surface area contributed by atoms with Gasteiger partial charge in [-0.3, -0.25) is 9.59 Å². The number of rotatable bonds is 6. The zero-order chi connectivity index (χ0) is 17.9. The quantitative estimate of drug-likeness (QED) is 0.727. The molecule has 1 saturated carbocycles. The van der Waals surface area contributed by atoms with Crippen LogP contribution >= 0.6 is 12.4 Å². The van der Waals surface area contributed by atoms with Crippen LogP contribution in [0.5, 0.6) is 0 Å². The summed E-state index contributed by atoms with van der Waals surface area (Å²) < 4.78 is 0. The Hall–Kier alpha value is -2.37. The highest BCUT2D eigenvalue weighted by molar-refractivity contribution is 5.94. The van der Waals surface area contributed by atoms with Gasteiger partial charge >= 0.3 is 0 Å². The summed E-state index contributed by atoms with van der Waals surface area (Å²) >= 11 is 0. The van der Waals surface area contributed by atoms with E-state index in [1.54, 1.807) is 12.1 Å². The topological polar surface area (TPSA) is 84.2 Å². The normalized spacial score (nSPS) is 14.1. The SMILES string of the molecule is Cc1ccc(CNC(=O)c2cccc(CNC(=O)C3(N)CC3)c2)cc1.Cl. The number of benzene rings is 2. The summed E-state index contributed by atoms with van der Waals surface area (Å²) in [5.74, 6) is -0.257. The van der Waals surface area contributed by atoms with Crippen LogP contribution in [0.25, 0.3) is 0 Å². The van der Waals surface area contributed by atoms with Crippen LogP contribution in [0.4, 0.5) is 0 Å². The maximum absolute atomic E-state index is 12.3. The van der Waals surface area contributed by atoms with Crippen LogP contribution in [0.15, 0.2) is 48.5 Å². The molecule has 0 unspecified atom stereocenters. The van der Waals surface area contributed by atoms with Gasteiger partial charge in [0.15, 0.2) is 0 Å². The van der Waals surface area contributed by atoms with Crippen molar-refractivity contribution in [1.82, 2.24) is 10.6 Å². The van der Waals surface area contributed by atoms with Gasteiger partial charge in [-0.1, -0.05) is 42.0 Å². The Kier molecular flexibility index (Phi) is 6.40. The lowest BCUT2D eigenvalue weighted by Gasteiger charge is -2.11. The molecule has 0 bridgehead atoms. The lowest BCUT2D eigenvalue weighted by Crippen LogP contribution is -2.42. The molecule has 3 rings (SSSR count). The van der Waals surface area contributed by atoms with Gasteiger partial charge in [0, 0.05) is 18.7 Å². The van der Waals surface area contributed by atoms with E-state index in [0.717, 1.165) is 24.0 Å². The number of hydrogen-bond donors (Lipinski definition) is 3. The minimum Gasteiger partial charge on any atom is -0.350 e. The maximum Gasteiger partial charge on any atom is 0.251 e. The van der Waals surface area contributed by atoms with Crippen LogP contribution in [0.2, 0.25) is 0 Å². The van der Waals surface area contributed by atoms with Gasteiger partial charge in [0.25, 0.3) is 5.91 Å². The van der Waals surface area contributed by atoms with Gasteiger partial charge in [0.2, 0.25) is 5.91 Å². The van der Waals surface area contributed by atoms with Gasteiger partial charge in [0.1, 0.15) is 0 Å². The van der Waals surface area contributed by atoms with Gasteiger partial charge in [0.05, 0.1) is 5.54 Å². The van der Waals surface area contributed by atoms with E-state index in [0.29, 0.717) is 18.7 Å². The molecule has 2 amide bonds. The molecule has 0 aliphatic heterocycles. The van der Waals surface area contributed by atoms with E-state index < -0.39 is 5.54 Å². The van der Waals surface area contributed by atoms with Crippen LogP contribution in [-0.2, 0) is 17.9 Å². The molecule has 0 atom stereocenters. The van der Waals surface area contributed by atoms with Gasteiger partial charge in [-0.25, -0.2) is 0 Å². The van der Waals surface area contributed by atoms with Crippen molar-refractivity contribution in [2.24, 2.45) is 5.73 Å². The Bertz CT molecular complexity index is 786. The molecular formula is C20H24ClN3O2. The fourth-order valence-corrected chi connectivity index (χ4v) is 2.53. The van der Waals surface area contributed by atoms with Crippen LogP contribution < -0.4 is 16.4 Å². The lowest BCUT2D eigenvalue weighted by molar-refractivity contribution is -0.123. The first-order valence-corrected chi connectivity index (χ1v) is 8.46. The predicted molar refractivity (Wildman–Crippen MR) is 104 cm³/mol. The van der Waals surface area contributed by atoms with Gasteiger partial charge in [-0.15, -0.1) is 12.4 Å². The average Bonchev–Trinajstić information content (AvgIpc) is 3.38. The molecule has 2 aromatic carbocycles. The first kappa shape index (κ1) is 19.9. The van der Waals surface area contributed by atoms with E-state index in [1.807, 2.05) is 43.3 Å². The van der Waals surface area contributed by atoms with Crippen molar-refractivity contribution in [3.63, 3.8) is 0 Å². The molecule has 0 spiro atoms. The Labute approximate surface area is 159 Å². The van der Waals surface area contributed by atoms with E-state index >= 15 is 0 Å². The van der Waals surface area contributed by atoms with E-state index in [-0.39, 0.29) is 24.2 Å². The zero-order valence-corrected chi connectivity index (χ0v) is 15.6. The van der Waals surface area contributed by atoms with Crippen molar-refractivity contribution < 1.29 is 9.59 Å². The molecule has 1 aliphatic carbocycles. The third-order valence-electron chi connectivity index (χ3n) is 4.46. The van der Waals surface area contributed by atoms with Crippen molar-refractivity contribution in [1.29, 1.82) is 0 Å². The van der Waals surface area contributed by atoms with Crippen LogP contribution in [0, 0.1) is 6.92 Å². The molecular weight excluding hydrogens is 350 g/mol. The second kappa shape index (κ2) is 8.34. The summed E-state index contributed by atoms with van der Waals surface area (Å²) in [4.78, 5) is 24.2. The first-order valence-electron chi connectivity index (χ1n) is 8.46. The number of halogens is 1. The molecule has 5 nitrogen and oxygen atoms in total. The second-order valence-electron chi connectivity index (χ2n) is 6.71. The molecule has 1 fully saturated rings. The molecule has 0 heterocycles. The van der Waals surface area contributed by atoms with Crippen LogP contribution in [0.3, 0.4) is 0 Å². The van der Waals surface area contributed by atoms with Crippen LogP contribution in [0.1, 0.15) is 39.9 Å². The first-order chi connectivity index (χ1) is 12.0. The highest BCUT2D eigenvalue weighted by Gasteiger charge is 2.45. The lowest BCUT2D eigenvalue weighted by atomic mass is 10.1. The summed E-state index contributed by atoms with van der Waals surface area (Å²) in [6, 6.07) is 15.3. The third kappa shape index (κ3) is 5.07. The number of carbonyl (C=O) groups excluding carboxylic acids is 2. The number of nitrogens with one attached hydrogen (secondary N) is 2.